The third-order valence-electron chi connectivity index (χ3n) is 2.15. The van der Waals surface area contributed by atoms with Crippen molar-refractivity contribution in [3.05, 3.63) is 33.9 Å². The number of non-ortho nitro benzene ring substituents is 1. The quantitative estimate of drug-likeness (QED) is 0.634. The Balaban J connectivity index is 3.16. The van der Waals surface area contributed by atoms with Gasteiger partial charge in [0, 0.05) is 23.4 Å². The van der Waals surface area contributed by atoms with E-state index in [2.05, 4.69) is 5.32 Å². The molecule has 2 N–H and O–H groups in total. The van der Waals surface area contributed by atoms with Crippen molar-refractivity contribution in [3.63, 3.8) is 0 Å². The minimum Gasteiger partial charge on any atom is -0.481 e. The Kier molecular flexibility index (Phi) is 3.90. The van der Waals surface area contributed by atoms with Crippen LogP contribution in [0.5, 0.6) is 0 Å². The average Bonchev–Trinajstić information content (AvgIpc) is 2.17. The molecular formula is C12H16N2O4. The van der Waals surface area contributed by atoms with Crippen molar-refractivity contribution >= 4 is 17.3 Å². The molecule has 0 bridgehead atoms. The third kappa shape index (κ3) is 4.04. The first-order valence-corrected chi connectivity index (χ1v) is 5.46. The zero-order valence-electron chi connectivity index (χ0n) is 10.6. The van der Waals surface area contributed by atoms with Crippen molar-refractivity contribution in [3.8, 4) is 0 Å². The van der Waals surface area contributed by atoms with Crippen molar-refractivity contribution in [1.29, 1.82) is 0 Å². The molecule has 6 heteroatoms. The van der Waals surface area contributed by atoms with E-state index < -0.39 is 10.9 Å². The second kappa shape index (κ2) is 5.03. The molecule has 0 heterocycles. The van der Waals surface area contributed by atoms with Gasteiger partial charge in [-0.2, -0.15) is 0 Å². The molecule has 0 atom stereocenters. The number of rotatable bonds is 4. The molecule has 6 nitrogen and oxygen atoms in total. The molecule has 0 aliphatic heterocycles. The molecule has 18 heavy (non-hydrogen) atoms. The zero-order chi connectivity index (χ0) is 13.9. The Morgan fingerprint density at radius 1 is 1.44 bits per heavy atom. The maximum atomic E-state index is 10.8. The van der Waals surface area contributed by atoms with Gasteiger partial charge in [-0.3, -0.25) is 14.9 Å². The van der Waals surface area contributed by atoms with Gasteiger partial charge in [0.2, 0.25) is 0 Å². The van der Waals surface area contributed by atoms with Gasteiger partial charge in [-0.15, -0.1) is 0 Å². The summed E-state index contributed by atoms with van der Waals surface area (Å²) in [4.78, 5) is 20.9. The smallest absolute Gasteiger partial charge is 0.307 e. The number of carbonyl (C=O) groups is 1. The minimum atomic E-state index is -1.02. The third-order valence-corrected chi connectivity index (χ3v) is 2.15. The summed E-state index contributed by atoms with van der Waals surface area (Å²) >= 11 is 0. The van der Waals surface area contributed by atoms with Gasteiger partial charge in [-0.05, 0) is 32.4 Å². The van der Waals surface area contributed by atoms with Crippen LogP contribution in [0.25, 0.3) is 0 Å². The van der Waals surface area contributed by atoms with E-state index in [4.69, 9.17) is 5.11 Å². The fourth-order valence-electron chi connectivity index (χ4n) is 1.53. The highest BCUT2D eigenvalue weighted by Gasteiger charge is 2.17. The maximum absolute atomic E-state index is 10.8. The molecule has 1 aromatic rings. The number of carboxylic acids is 1. The molecule has 1 rings (SSSR count). The van der Waals surface area contributed by atoms with Crippen LogP contribution in [-0.4, -0.2) is 21.5 Å². The number of nitrogens with one attached hydrogen (secondary N) is 1. The number of anilines is 1. The Hall–Kier alpha value is -2.11. The van der Waals surface area contributed by atoms with E-state index >= 15 is 0 Å². The lowest BCUT2D eigenvalue weighted by Gasteiger charge is -2.23. The number of nitrogens with zero attached hydrogens (tertiary/aromatic N) is 1. The number of carboxylic acid groups (broad SMARTS) is 1. The van der Waals surface area contributed by atoms with Gasteiger partial charge in [-0.25, -0.2) is 0 Å². The van der Waals surface area contributed by atoms with Crippen LogP contribution in [0, 0.1) is 10.1 Å². The van der Waals surface area contributed by atoms with E-state index in [1.165, 1.54) is 12.1 Å². The van der Waals surface area contributed by atoms with Gasteiger partial charge >= 0.3 is 5.97 Å². The van der Waals surface area contributed by atoms with Crippen molar-refractivity contribution < 1.29 is 14.8 Å². The van der Waals surface area contributed by atoms with Crippen LogP contribution in [0.2, 0.25) is 0 Å². The van der Waals surface area contributed by atoms with Gasteiger partial charge in [0.25, 0.3) is 5.69 Å². The number of nitro benzene ring substituents is 1. The molecule has 0 saturated carbocycles. The first-order chi connectivity index (χ1) is 8.19. The number of hydrogen-bond acceptors (Lipinski definition) is 4. The summed E-state index contributed by atoms with van der Waals surface area (Å²) in [6.07, 6.45) is -0.250. The lowest BCUT2D eigenvalue weighted by Crippen LogP contribution is -2.27. The number of nitro groups is 1. The van der Waals surface area contributed by atoms with Gasteiger partial charge in [0.15, 0.2) is 0 Å². The van der Waals surface area contributed by atoms with Crippen LogP contribution < -0.4 is 5.32 Å². The molecule has 98 valence electrons. The lowest BCUT2D eigenvalue weighted by molar-refractivity contribution is -0.384. The first-order valence-electron chi connectivity index (χ1n) is 5.46. The van der Waals surface area contributed by atoms with Crippen LogP contribution in [0.3, 0.4) is 0 Å². The first kappa shape index (κ1) is 14.0. The van der Waals surface area contributed by atoms with Crippen LogP contribution >= 0.6 is 0 Å². The van der Waals surface area contributed by atoms with Crippen LogP contribution in [0.15, 0.2) is 18.2 Å². The molecular weight excluding hydrogens is 236 g/mol. The van der Waals surface area contributed by atoms with Gasteiger partial charge in [0.1, 0.15) is 0 Å². The number of benzene rings is 1. The minimum absolute atomic E-state index is 0.106. The van der Waals surface area contributed by atoms with E-state index in [0.717, 1.165) is 0 Å². The second-order valence-electron chi connectivity index (χ2n) is 5.04. The van der Waals surface area contributed by atoms with Gasteiger partial charge in [-0.1, -0.05) is 0 Å². The Morgan fingerprint density at radius 2 is 2.06 bits per heavy atom. The van der Waals surface area contributed by atoms with Gasteiger partial charge < -0.3 is 10.4 Å². The lowest BCUT2D eigenvalue weighted by atomic mass is 10.0. The van der Waals surface area contributed by atoms with Crippen LogP contribution in [-0.2, 0) is 11.2 Å². The highest BCUT2D eigenvalue weighted by atomic mass is 16.6. The number of aliphatic carboxylic acids is 1. The zero-order valence-corrected chi connectivity index (χ0v) is 10.6. The molecule has 0 aromatic heterocycles. The summed E-state index contributed by atoms with van der Waals surface area (Å²) in [5.41, 5.74) is 0.663. The normalized spacial score (nSPS) is 11.1. The highest BCUT2D eigenvalue weighted by molar-refractivity contribution is 5.74. The standard InChI is InChI=1S/C12H16N2O4/c1-12(2,3)13-10-5-4-9(14(17)18)6-8(10)7-11(15)16/h4-6,13H,7H2,1-3H3,(H,15,16). The summed E-state index contributed by atoms with van der Waals surface area (Å²) in [6.45, 7) is 5.79. The molecule has 1 aromatic carbocycles. The predicted molar refractivity (Wildman–Crippen MR) is 67.8 cm³/mol. The van der Waals surface area contributed by atoms with Crippen LogP contribution in [0.4, 0.5) is 11.4 Å². The molecule has 0 unspecified atom stereocenters. The summed E-state index contributed by atoms with van der Waals surface area (Å²) in [5, 5.41) is 22.6. The largest absolute Gasteiger partial charge is 0.481 e. The van der Waals surface area contributed by atoms with E-state index in [9.17, 15) is 14.9 Å². The predicted octanol–water partition coefficient (Wildman–Crippen LogP) is 2.43. The fraction of sp³-hybridized carbons (Fsp3) is 0.417. The molecule has 0 saturated heterocycles. The Morgan fingerprint density at radius 3 is 2.50 bits per heavy atom. The molecule has 0 radical (unpaired) electrons. The van der Waals surface area contributed by atoms with E-state index in [0.29, 0.717) is 11.3 Å². The second-order valence-corrected chi connectivity index (χ2v) is 5.04. The molecule has 0 spiro atoms. The van der Waals surface area contributed by atoms with Crippen molar-refractivity contribution in [2.75, 3.05) is 5.32 Å². The Labute approximate surface area is 105 Å². The molecule has 0 aliphatic carbocycles. The number of hydrogen-bond donors (Lipinski definition) is 2. The molecule has 0 fully saturated rings. The SMILES string of the molecule is CC(C)(C)Nc1ccc([N+](=O)[O-])cc1CC(=O)O. The Bertz CT molecular complexity index is 477. The van der Waals surface area contributed by atoms with Crippen molar-refractivity contribution in [2.24, 2.45) is 0 Å². The van der Waals surface area contributed by atoms with Crippen molar-refractivity contribution in [1.82, 2.24) is 0 Å². The van der Waals surface area contributed by atoms with E-state index in [1.54, 1.807) is 6.07 Å². The van der Waals surface area contributed by atoms with Crippen molar-refractivity contribution in [2.45, 2.75) is 32.7 Å². The fourth-order valence-corrected chi connectivity index (χ4v) is 1.53. The summed E-state index contributed by atoms with van der Waals surface area (Å²) in [6, 6.07) is 4.20. The maximum Gasteiger partial charge on any atom is 0.307 e. The average molecular weight is 252 g/mol. The van der Waals surface area contributed by atoms with Crippen LogP contribution in [0.1, 0.15) is 26.3 Å². The van der Waals surface area contributed by atoms with Gasteiger partial charge in [0.05, 0.1) is 11.3 Å². The molecule has 0 aliphatic rings. The monoisotopic (exact) mass is 252 g/mol. The van der Waals surface area contributed by atoms with E-state index in [-0.39, 0.29) is 17.6 Å². The summed E-state index contributed by atoms with van der Waals surface area (Å²) in [5.74, 6) is -1.02. The van der Waals surface area contributed by atoms with E-state index in [1.807, 2.05) is 20.8 Å². The summed E-state index contributed by atoms with van der Waals surface area (Å²) < 4.78 is 0. The topological polar surface area (TPSA) is 92.5 Å². The highest BCUT2D eigenvalue weighted by Crippen LogP contribution is 2.25. The molecule has 0 amide bonds. The summed E-state index contributed by atoms with van der Waals surface area (Å²) in [7, 11) is 0.